The lowest BCUT2D eigenvalue weighted by molar-refractivity contribution is -0.120. The van der Waals surface area contributed by atoms with E-state index < -0.39 is 5.91 Å². The van der Waals surface area contributed by atoms with Gasteiger partial charge in [0, 0.05) is 17.3 Å². The van der Waals surface area contributed by atoms with E-state index in [4.69, 9.17) is 16.0 Å². The fraction of sp³-hybridized carbons (Fsp3) is 0.188. The zero-order valence-electron chi connectivity index (χ0n) is 12.5. The van der Waals surface area contributed by atoms with Gasteiger partial charge in [-0.1, -0.05) is 23.7 Å². The van der Waals surface area contributed by atoms with Crippen LogP contribution in [0.2, 0.25) is 5.02 Å². The highest BCUT2D eigenvalue weighted by molar-refractivity contribution is 6.30. The number of rotatable bonds is 6. The minimum atomic E-state index is -0.462. The third-order valence-electron chi connectivity index (χ3n) is 2.91. The van der Waals surface area contributed by atoms with Crippen molar-refractivity contribution in [2.75, 3.05) is 0 Å². The quantitative estimate of drug-likeness (QED) is 0.629. The second kappa shape index (κ2) is 8.14. The summed E-state index contributed by atoms with van der Waals surface area (Å²) in [6, 6.07) is 10.3. The van der Waals surface area contributed by atoms with E-state index in [2.05, 4.69) is 15.8 Å². The molecule has 0 saturated carbocycles. The minimum Gasteiger partial charge on any atom is -0.459 e. The molecule has 2 rings (SSSR count). The Morgan fingerprint density at radius 1 is 1.22 bits per heavy atom. The summed E-state index contributed by atoms with van der Waals surface area (Å²) in [5, 5.41) is 7.28. The molecule has 0 aliphatic rings. The zero-order chi connectivity index (χ0) is 16.7. The molecule has 2 aromatic rings. The molecule has 0 aliphatic heterocycles. The molecule has 1 heterocycles. The fourth-order valence-electron chi connectivity index (χ4n) is 1.75. The number of carbonyl (C=O) groups excluding carboxylic acids is 2. The monoisotopic (exact) mass is 333 g/mol. The van der Waals surface area contributed by atoms with Crippen molar-refractivity contribution < 1.29 is 14.0 Å². The molecule has 1 aromatic carbocycles. The molecule has 0 bridgehead atoms. The maximum Gasteiger partial charge on any atom is 0.307 e. The van der Waals surface area contributed by atoms with Crippen LogP contribution >= 0.6 is 11.6 Å². The van der Waals surface area contributed by atoms with Crippen LogP contribution in [0.25, 0.3) is 0 Å². The standard InChI is InChI=1S/C16H16ClN3O3/c1-11(19-20-16(22)14-3-2-8-23-14)9-15(21)18-10-12-4-6-13(17)7-5-12/h2-8H,9-10H2,1H3,(H,18,21)(H,20,22)/b19-11+. The van der Waals surface area contributed by atoms with E-state index >= 15 is 0 Å². The van der Waals surface area contributed by atoms with Crippen LogP contribution < -0.4 is 10.7 Å². The number of halogens is 1. The Morgan fingerprint density at radius 2 is 1.96 bits per heavy atom. The van der Waals surface area contributed by atoms with Gasteiger partial charge in [0.25, 0.3) is 0 Å². The Kier molecular flexibility index (Phi) is 5.94. The second-order valence-corrected chi connectivity index (χ2v) is 5.28. The van der Waals surface area contributed by atoms with Gasteiger partial charge in [0.2, 0.25) is 5.91 Å². The Hall–Kier alpha value is -2.60. The first kappa shape index (κ1) is 16.8. The normalized spacial score (nSPS) is 11.1. The molecule has 120 valence electrons. The van der Waals surface area contributed by atoms with E-state index in [-0.39, 0.29) is 18.1 Å². The fourth-order valence-corrected chi connectivity index (χ4v) is 1.87. The molecule has 0 aliphatic carbocycles. The largest absolute Gasteiger partial charge is 0.459 e. The van der Waals surface area contributed by atoms with Crippen LogP contribution in [0.3, 0.4) is 0 Å². The molecule has 2 amide bonds. The van der Waals surface area contributed by atoms with Crippen LogP contribution in [-0.4, -0.2) is 17.5 Å². The van der Waals surface area contributed by atoms with E-state index in [1.54, 1.807) is 25.1 Å². The highest BCUT2D eigenvalue weighted by atomic mass is 35.5. The summed E-state index contributed by atoms with van der Waals surface area (Å²) in [7, 11) is 0. The Labute approximate surface area is 138 Å². The topological polar surface area (TPSA) is 83.7 Å². The van der Waals surface area contributed by atoms with Gasteiger partial charge in [-0.3, -0.25) is 9.59 Å². The molecular weight excluding hydrogens is 318 g/mol. The van der Waals surface area contributed by atoms with Gasteiger partial charge in [0.05, 0.1) is 12.7 Å². The van der Waals surface area contributed by atoms with Crippen LogP contribution in [0.5, 0.6) is 0 Å². The molecule has 1 aromatic heterocycles. The van der Waals surface area contributed by atoms with Gasteiger partial charge < -0.3 is 9.73 Å². The lowest BCUT2D eigenvalue weighted by Gasteiger charge is -2.05. The van der Waals surface area contributed by atoms with Crippen molar-refractivity contribution in [1.82, 2.24) is 10.7 Å². The first-order valence-corrected chi connectivity index (χ1v) is 7.30. The van der Waals surface area contributed by atoms with Gasteiger partial charge in [-0.2, -0.15) is 5.10 Å². The molecule has 23 heavy (non-hydrogen) atoms. The molecule has 7 heteroatoms. The van der Waals surface area contributed by atoms with Crippen molar-refractivity contribution in [3.63, 3.8) is 0 Å². The predicted molar refractivity (Wildman–Crippen MR) is 87.2 cm³/mol. The molecule has 0 spiro atoms. The van der Waals surface area contributed by atoms with E-state index in [1.165, 1.54) is 12.3 Å². The molecule has 2 N–H and O–H groups in total. The van der Waals surface area contributed by atoms with Crippen molar-refractivity contribution in [1.29, 1.82) is 0 Å². The smallest absolute Gasteiger partial charge is 0.307 e. The predicted octanol–water partition coefficient (Wildman–Crippen LogP) is 2.75. The molecule has 0 saturated heterocycles. The van der Waals surface area contributed by atoms with Crippen LogP contribution in [0.1, 0.15) is 29.5 Å². The number of hydrogen-bond donors (Lipinski definition) is 2. The summed E-state index contributed by atoms with van der Waals surface area (Å²) in [4.78, 5) is 23.4. The number of nitrogens with zero attached hydrogens (tertiary/aromatic N) is 1. The Balaban J connectivity index is 1.76. The van der Waals surface area contributed by atoms with Crippen molar-refractivity contribution in [2.24, 2.45) is 5.10 Å². The van der Waals surface area contributed by atoms with Crippen LogP contribution in [-0.2, 0) is 11.3 Å². The van der Waals surface area contributed by atoms with E-state index in [0.29, 0.717) is 17.3 Å². The van der Waals surface area contributed by atoms with E-state index in [9.17, 15) is 9.59 Å². The number of carbonyl (C=O) groups is 2. The first-order chi connectivity index (χ1) is 11.0. The van der Waals surface area contributed by atoms with Crippen LogP contribution in [0, 0.1) is 0 Å². The molecule has 6 nitrogen and oxygen atoms in total. The second-order valence-electron chi connectivity index (χ2n) is 4.85. The number of nitrogens with one attached hydrogen (secondary N) is 2. The maximum absolute atomic E-state index is 11.8. The zero-order valence-corrected chi connectivity index (χ0v) is 13.3. The third-order valence-corrected chi connectivity index (χ3v) is 3.16. The molecule has 0 atom stereocenters. The number of hydrazone groups is 1. The third kappa shape index (κ3) is 5.60. The average molecular weight is 334 g/mol. The summed E-state index contributed by atoms with van der Waals surface area (Å²) >= 11 is 5.80. The van der Waals surface area contributed by atoms with Gasteiger partial charge in [0.15, 0.2) is 5.76 Å². The highest BCUT2D eigenvalue weighted by Gasteiger charge is 2.08. The maximum atomic E-state index is 11.8. The Morgan fingerprint density at radius 3 is 2.61 bits per heavy atom. The number of hydrogen-bond acceptors (Lipinski definition) is 4. The number of furan rings is 1. The van der Waals surface area contributed by atoms with Crippen molar-refractivity contribution in [3.8, 4) is 0 Å². The lowest BCUT2D eigenvalue weighted by Crippen LogP contribution is -2.26. The minimum absolute atomic E-state index is 0.0893. The molecule has 0 fully saturated rings. The van der Waals surface area contributed by atoms with Gasteiger partial charge in [-0.15, -0.1) is 0 Å². The number of benzene rings is 1. The van der Waals surface area contributed by atoms with E-state index in [0.717, 1.165) is 5.56 Å². The average Bonchev–Trinajstić information content (AvgIpc) is 3.06. The number of amides is 2. The molecule has 0 radical (unpaired) electrons. The molecule has 0 unspecified atom stereocenters. The van der Waals surface area contributed by atoms with Crippen LogP contribution in [0.15, 0.2) is 52.2 Å². The SMILES string of the molecule is C/C(CC(=O)NCc1ccc(Cl)cc1)=N\NC(=O)c1ccco1. The summed E-state index contributed by atoms with van der Waals surface area (Å²) < 4.78 is 4.93. The van der Waals surface area contributed by atoms with Gasteiger partial charge in [0.1, 0.15) is 0 Å². The van der Waals surface area contributed by atoms with Crippen molar-refractivity contribution in [2.45, 2.75) is 19.9 Å². The van der Waals surface area contributed by atoms with Gasteiger partial charge in [-0.05, 0) is 36.8 Å². The summed E-state index contributed by atoms with van der Waals surface area (Å²) in [5.41, 5.74) is 3.76. The van der Waals surface area contributed by atoms with Gasteiger partial charge in [-0.25, -0.2) is 5.43 Å². The van der Waals surface area contributed by atoms with Gasteiger partial charge >= 0.3 is 5.91 Å². The summed E-state index contributed by atoms with van der Waals surface area (Å²) in [6.45, 7) is 2.06. The Bertz CT molecular complexity index is 694. The highest BCUT2D eigenvalue weighted by Crippen LogP contribution is 2.09. The molecular formula is C16H16ClN3O3. The van der Waals surface area contributed by atoms with Crippen molar-refractivity contribution in [3.05, 3.63) is 59.0 Å². The van der Waals surface area contributed by atoms with Crippen LogP contribution in [0.4, 0.5) is 0 Å². The van der Waals surface area contributed by atoms with Crippen molar-refractivity contribution >= 4 is 29.1 Å². The van der Waals surface area contributed by atoms with E-state index in [1.807, 2.05) is 12.1 Å². The summed E-state index contributed by atoms with van der Waals surface area (Å²) in [5.74, 6) is -0.488. The lowest BCUT2D eigenvalue weighted by atomic mass is 10.2. The first-order valence-electron chi connectivity index (χ1n) is 6.93. The summed E-state index contributed by atoms with van der Waals surface area (Å²) in [6.07, 6.45) is 1.49.